The van der Waals surface area contributed by atoms with Gasteiger partial charge in [0.1, 0.15) is 12.4 Å². The lowest BCUT2D eigenvalue weighted by molar-refractivity contribution is -0.123. The number of carbonyl (C=O) groups is 3. The van der Waals surface area contributed by atoms with Crippen LogP contribution in [0.2, 0.25) is 0 Å². The van der Waals surface area contributed by atoms with E-state index in [0.29, 0.717) is 33.4 Å². The van der Waals surface area contributed by atoms with E-state index in [-0.39, 0.29) is 36.8 Å². The van der Waals surface area contributed by atoms with Gasteiger partial charge in [-0.3, -0.25) is 19.3 Å². The first-order chi connectivity index (χ1) is 19.1. The predicted molar refractivity (Wildman–Crippen MR) is 160 cm³/mol. The maximum atomic E-state index is 12.9. The fourth-order valence-corrected chi connectivity index (χ4v) is 5.25. The summed E-state index contributed by atoms with van der Waals surface area (Å²) in [5, 5.41) is 2.49. The van der Waals surface area contributed by atoms with E-state index in [1.807, 2.05) is 57.2 Å². The Labute approximate surface area is 245 Å². The van der Waals surface area contributed by atoms with Crippen LogP contribution in [0, 0.1) is 20.8 Å². The second-order valence-corrected chi connectivity index (χ2v) is 11.0. The molecule has 1 saturated heterocycles. The van der Waals surface area contributed by atoms with Gasteiger partial charge in [-0.2, -0.15) is 0 Å². The molecule has 3 aromatic carbocycles. The molecule has 3 aromatic rings. The average Bonchev–Trinajstić information content (AvgIpc) is 3.19. The average molecular weight is 626 g/mol. The van der Waals surface area contributed by atoms with Crippen LogP contribution in [0.15, 0.2) is 64.0 Å². The van der Waals surface area contributed by atoms with Gasteiger partial charge < -0.3 is 19.5 Å². The largest absolute Gasteiger partial charge is 0.493 e. The molecule has 0 bridgehead atoms. The summed E-state index contributed by atoms with van der Waals surface area (Å²) < 4.78 is 17.6. The summed E-state index contributed by atoms with van der Waals surface area (Å²) in [6.45, 7) is 6.08. The third-order valence-corrected chi connectivity index (χ3v) is 7.74. The fourth-order valence-electron chi connectivity index (χ4n) is 3.83. The van der Waals surface area contributed by atoms with Crippen molar-refractivity contribution in [3.05, 3.63) is 86.2 Å². The Kier molecular flexibility index (Phi) is 9.54. The zero-order chi connectivity index (χ0) is 28.8. The first-order valence-corrected chi connectivity index (χ1v) is 14.1. The van der Waals surface area contributed by atoms with Crippen molar-refractivity contribution < 1.29 is 28.6 Å². The Morgan fingerprint density at radius 2 is 1.70 bits per heavy atom. The normalized spacial score (nSPS) is 14.0. The van der Waals surface area contributed by atoms with E-state index in [1.165, 1.54) is 12.0 Å². The molecule has 1 fully saturated rings. The van der Waals surface area contributed by atoms with Crippen LogP contribution >= 0.6 is 27.7 Å². The summed E-state index contributed by atoms with van der Waals surface area (Å²) in [5.74, 6) is 0.735. The van der Waals surface area contributed by atoms with Gasteiger partial charge in [0.05, 0.1) is 24.2 Å². The number of methoxy groups -OCH3 is 1. The van der Waals surface area contributed by atoms with E-state index < -0.39 is 0 Å². The zero-order valence-corrected chi connectivity index (χ0v) is 25.0. The summed E-state index contributed by atoms with van der Waals surface area (Å²) >= 11 is 4.35. The van der Waals surface area contributed by atoms with Gasteiger partial charge in [0.25, 0.3) is 17.1 Å². The lowest BCUT2D eigenvalue weighted by Crippen LogP contribution is -2.32. The summed E-state index contributed by atoms with van der Waals surface area (Å²) in [7, 11) is 1.49. The predicted octanol–water partition coefficient (Wildman–Crippen LogP) is 6.52. The molecule has 10 heteroatoms. The molecule has 0 aromatic heterocycles. The van der Waals surface area contributed by atoms with Crippen LogP contribution in [0.1, 0.15) is 22.3 Å². The lowest BCUT2D eigenvalue weighted by atomic mass is 10.1. The van der Waals surface area contributed by atoms with E-state index in [4.69, 9.17) is 14.2 Å². The van der Waals surface area contributed by atoms with Crippen LogP contribution in [0.25, 0.3) is 6.08 Å². The number of hydrogen-bond acceptors (Lipinski definition) is 7. The molecule has 4 rings (SSSR count). The maximum Gasteiger partial charge on any atom is 0.293 e. The van der Waals surface area contributed by atoms with Crippen molar-refractivity contribution in [2.24, 2.45) is 0 Å². The number of nitrogens with zero attached hydrogens (tertiary/aromatic N) is 1. The van der Waals surface area contributed by atoms with Gasteiger partial charge in [0.15, 0.2) is 18.1 Å². The fraction of sp³-hybridized carbons (Fsp3) is 0.233. The van der Waals surface area contributed by atoms with Crippen LogP contribution in [-0.4, -0.2) is 48.8 Å². The molecule has 40 heavy (non-hydrogen) atoms. The minimum atomic E-state index is -0.379. The summed E-state index contributed by atoms with van der Waals surface area (Å²) in [6, 6.07) is 16.5. The maximum absolute atomic E-state index is 12.9. The molecule has 8 nitrogen and oxygen atoms in total. The number of rotatable bonds is 10. The molecule has 0 unspecified atom stereocenters. The second-order valence-electron chi connectivity index (χ2n) is 9.16. The molecule has 0 aliphatic carbocycles. The van der Waals surface area contributed by atoms with Crippen molar-refractivity contribution >= 4 is 56.5 Å². The van der Waals surface area contributed by atoms with E-state index in [1.54, 1.807) is 24.3 Å². The minimum absolute atomic E-state index is 0.146. The van der Waals surface area contributed by atoms with Gasteiger partial charge in [0.2, 0.25) is 0 Å². The van der Waals surface area contributed by atoms with Crippen molar-refractivity contribution in [2.45, 2.75) is 20.8 Å². The molecule has 0 saturated carbocycles. The van der Waals surface area contributed by atoms with E-state index in [2.05, 4.69) is 21.2 Å². The number of thioether (sulfide) groups is 1. The van der Waals surface area contributed by atoms with E-state index in [0.717, 1.165) is 32.9 Å². The van der Waals surface area contributed by atoms with Crippen molar-refractivity contribution in [1.82, 2.24) is 4.90 Å². The van der Waals surface area contributed by atoms with Crippen LogP contribution < -0.4 is 19.5 Å². The van der Waals surface area contributed by atoms with Gasteiger partial charge in [-0.25, -0.2) is 0 Å². The molecule has 0 spiro atoms. The Morgan fingerprint density at radius 3 is 2.42 bits per heavy atom. The number of nitrogens with one attached hydrogen (secondary N) is 1. The number of hydrogen-bond donors (Lipinski definition) is 1. The van der Waals surface area contributed by atoms with Gasteiger partial charge in [-0.15, -0.1) is 0 Å². The number of benzene rings is 3. The Bertz CT molecular complexity index is 1470. The number of amides is 3. The Balaban J connectivity index is 1.36. The van der Waals surface area contributed by atoms with Crippen molar-refractivity contribution in [1.29, 1.82) is 0 Å². The molecule has 1 aliphatic rings. The second kappa shape index (κ2) is 13.1. The first-order valence-electron chi connectivity index (χ1n) is 12.5. The van der Waals surface area contributed by atoms with Gasteiger partial charge in [-0.1, -0.05) is 23.8 Å². The summed E-state index contributed by atoms with van der Waals surface area (Å²) in [5.41, 5.74) is 4.60. The molecule has 0 radical (unpaired) electrons. The number of anilines is 1. The number of aryl methyl sites for hydroxylation is 3. The van der Waals surface area contributed by atoms with Gasteiger partial charge >= 0.3 is 0 Å². The van der Waals surface area contributed by atoms with Crippen LogP contribution in [0.4, 0.5) is 10.5 Å². The first kappa shape index (κ1) is 29.2. The lowest BCUT2D eigenvalue weighted by Gasteiger charge is -2.13. The molecular weight excluding hydrogens is 596 g/mol. The Hall–Kier alpha value is -3.76. The Morgan fingerprint density at radius 1 is 0.975 bits per heavy atom. The monoisotopic (exact) mass is 624 g/mol. The minimum Gasteiger partial charge on any atom is -0.493 e. The van der Waals surface area contributed by atoms with Crippen molar-refractivity contribution in [3.8, 4) is 17.2 Å². The summed E-state index contributed by atoms with van der Waals surface area (Å²) in [4.78, 5) is 39.3. The van der Waals surface area contributed by atoms with Gasteiger partial charge in [0, 0.05) is 4.47 Å². The van der Waals surface area contributed by atoms with Crippen molar-refractivity contribution in [3.63, 3.8) is 0 Å². The smallest absolute Gasteiger partial charge is 0.293 e. The number of halogens is 1. The molecule has 208 valence electrons. The van der Waals surface area contributed by atoms with Crippen LogP contribution in [0.5, 0.6) is 17.2 Å². The number of ether oxygens (including phenoxy) is 3. The summed E-state index contributed by atoms with van der Waals surface area (Å²) in [6.07, 6.45) is 1.63. The molecule has 1 heterocycles. The topological polar surface area (TPSA) is 94.2 Å². The number of carbonyl (C=O) groups excluding carboxylic acids is 3. The standard InChI is InChI=1S/C30H29BrN2O6S/c1-18-5-8-22(9-6-18)38-12-11-33-29(35)27(40-30(33)36)16-21-7-10-25(26(15-21)37-4)39-17-28(34)32-24-14-20(3)19(2)13-23(24)31/h5-10,13-16H,11-12,17H2,1-4H3,(H,32,34)/b27-16-. The van der Waals surface area contributed by atoms with E-state index in [9.17, 15) is 14.4 Å². The third-order valence-electron chi connectivity index (χ3n) is 6.18. The highest BCUT2D eigenvalue weighted by atomic mass is 79.9. The SMILES string of the molecule is COc1cc(/C=C2\SC(=O)N(CCOc3ccc(C)cc3)C2=O)ccc1OCC(=O)Nc1cc(C)c(C)cc1Br. The van der Waals surface area contributed by atoms with Crippen LogP contribution in [0.3, 0.4) is 0 Å². The highest BCUT2D eigenvalue weighted by Crippen LogP contribution is 2.34. The zero-order valence-electron chi connectivity index (χ0n) is 22.6. The number of imide groups is 1. The molecule has 1 N–H and O–H groups in total. The van der Waals surface area contributed by atoms with Crippen LogP contribution in [-0.2, 0) is 9.59 Å². The van der Waals surface area contributed by atoms with Crippen molar-refractivity contribution in [2.75, 3.05) is 32.2 Å². The molecule has 0 atom stereocenters. The molecule has 3 amide bonds. The van der Waals surface area contributed by atoms with Gasteiger partial charge in [-0.05, 0) is 108 Å². The third kappa shape index (κ3) is 7.25. The molecule has 1 aliphatic heterocycles. The highest BCUT2D eigenvalue weighted by Gasteiger charge is 2.34. The quantitative estimate of drug-likeness (QED) is 0.257. The highest BCUT2D eigenvalue weighted by molar-refractivity contribution is 9.10. The molecular formula is C30H29BrN2O6S. The van der Waals surface area contributed by atoms with E-state index >= 15 is 0 Å².